The molecule has 0 spiro atoms. The zero-order valence-corrected chi connectivity index (χ0v) is 13.7. The van der Waals surface area contributed by atoms with Crippen molar-refractivity contribution in [3.8, 4) is 0 Å². The quantitative estimate of drug-likeness (QED) is 0.858. The van der Waals surface area contributed by atoms with Gasteiger partial charge in [0, 0.05) is 24.2 Å². The van der Waals surface area contributed by atoms with E-state index in [0.29, 0.717) is 6.04 Å². The lowest BCUT2D eigenvalue weighted by molar-refractivity contribution is 0.253. The summed E-state index contributed by atoms with van der Waals surface area (Å²) >= 11 is 6.08. The molecule has 3 heteroatoms. The number of nitrogens with one attached hydrogen (secondary N) is 1. The third-order valence-electron chi connectivity index (χ3n) is 3.83. The molecule has 0 amide bonds. The maximum Gasteiger partial charge on any atom is 0.0409 e. The lowest BCUT2D eigenvalue weighted by atomic mass is 10.1. The highest BCUT2D eigenvalue weighted by atomic mass is 35.5. The summed E-state index contributed by atoms with van der Waals surface area (Å²) in [7, 11) is 4.11. The van der Waals surface area contributed by atoms with Crippen molar-refractivity contribution in [1.82, 2.24) is 10.2 Å². The fraction of sp³-hybridized carbons (Fsp3) is 0.333. The van der Waals surface area contributed by atoms with Crippen molar-refractivity contribution in [3.63, 3.8) is 0 Å². The average molecular weight is 303 g/mol. The van der Waals surface area contributed by atoms with E-state index in [1.165, 1.54) is 16.7 Å². The Labute approximate surface area is 132 Å². The van der Waals surface area contributed by atoms with Gasteiger partial charge >= 0.3 is 0 Å². The van der Waals surface area contributed by atoms with E-state index in [-0.39, 0.29) is 0 Å². The van der Waals surface area contributed by atoms with Crippen molar-refractivity contribution >= 4 is 11.6 Å². The van der Waals surface area contributed by atoms with E-state index < -0.39 is 0 Å². The van der Waals surface area contributed by atoms with Crippen LogP contribution in [0, 0.1) is 0 Å². The van der Waals surface area contributed by atoms with E-state index in [1.807, 2.05) is 25.2 Å². The van der Waals surface area contributed by atoms with Crippen molar-refractivity contribution in [2.45, 2.75) is 26.1 Å². The van der Waals surface area contributed by atoms with Gasteiger partial charge in [0.05, 0.1) is 0 Å². The monoisotopic (exact) mass is 302 g/mol. The molecule has 112 valence electrons. The highest BCUT2D eigenvalue weighted by molar-refractivity contribution is 6.30. The summed E-state index contributed by atoms with van der Waals surface area (Å²) in [4.78, 5) is 2.33. The number of hydrogen-bond donors (Lipinski definition) is 1. The Kier molecular flexibility index (Phi) is 5.80. The third-order valence-corrected chi connectivity index (χ3v) is 4.06. The van der Waals surface area contributed by atoms with Crippen LogP contribution in [-0.2, 0) is 13.1 Å². The predicted molar refractivity (Wildman–Crippen MR) is 90.5 cm³/mol. The number of nitrogens with zero attached hydrogens (tertiary/aromatic N) is 1. The molecule has 0 radical (unpaired) electrons. The van der Waals surface area contributed by atoms with Gasteiger partial charge in [0.15, 0.2) is 0 Å². The predicted octanol–water partition coefficient (Wildman–Crippen LogP) is 4.25. The van der Waals surface area contributed by atoms with E-state index in [9.17, 15) is 0 Å². The van der Waals surface area contributed by atoms with Crippen LogP contribution < -0.4 is 5.32 Å². The molecular weight excluding hydrogens is 280 g/mol. The van der Waals surface area contributed by atoms with Gasteiger partial charge in [-0.1, -0.05) is 48.0 Å². The second-order valence-electron chi connectivity index (χ2n) is 5.49. The molecule has 0 aliphatic rings. The normalized spacial score (nSPS) is 12.6. The summed E-state index contributed by atoms with van der Waals surface area (Å²) in [5, 5.41) is 3.96. The summed E-state index contributed by atoms with van der Waals surface area (Å²) in [6.07, 6.45) is 0. The number of rotatable bonds is 6. The van der Waals surface area contributed by atoms with E-state index in [2.05, 4.69) is 54.5 Å². The summed E-state index contributed by atoms with van der Waals surface area (Å²) in [5.41, 5.74) is 3.88. The van der Waals surface area contributed by atoms with E-state index in [1.54, 1.807) is 0 Å². The Morgan fingerprint density at radius 2 is 1.76 bits per heavy atom. The van der Waals surface area contributed by atoms with Gasteiger partial charge in [-0.3, -0.25) is 4.90 Å². The van der Waals surface area contributed by atoms with E-state index >= 15 is 0 Å². The van der Waals surface area contributed by atoms with Crippen LogP contribution >= 0.6 is 11.6 Å². The van der Waals surface area contributed by atoms with Crippen molar-refractivity contribution in [2.24, 2.45) is 0 Å². The molecule has 2 rings (SSSR count). The number of benzene rings is 2. The van der Waals surface area contributed by atoms with Crippen LogP contribution in [0.5, 0.6) is 0 Å². The third kappa shape index (κ3) is 4.57. The Morgan fingerprint density at radius 3 is 2.38 bits per heavy atom. The molecule has 0 heterocycles. The molecule has 1 atom stereocenters. The average Bonchev–Trinajstić information content (AvgIpc) is 2.48. The SMILES string of the molecule is CNCc1ccc(CN(C)C(C)c2cccc(Cl)c2)cc1. The van der Waals surface area contributed by atoms with Crippen LogP contribution in [0.2, 0.25) is 5.02 Å². The Morgan fingerprint density at radius 1 is 1.10 bits per heavy atom. The summed E-state index contributed by atoms with van der Waals surface area (Å²) < 4.78 is 0. The topological polar surface area (TPSA) is 15.3 Å². The number of halogens is 1. The molecule has 0 aromatic heterocycles. The Bertz CT molecular complexity index is 566. The molecule has 2 aromatic rings. The van der Waals surface area contributed by atoms with Crippen LogP contribution in [0.1, 0.15) is 29.7 Å². The first kappa shape index (κ1) is 16.0. The molecule has 2 nitrogen and oxygen atoms in total. The van der Waals surface area contributed by atoms with Crippen molar-refractivity contribution in [1.29, 1.82) is 0 Å². The smallest absolute Gasteiger partial charge is 0.0409 e. The summed E-state index contributed by atoms with van der Waals surface area (Å²) in [6, 6.07) is 17.2. The molecule has 0 bridgehead atoms. The molecule has 2 aromatic carbocycles. The zero-order chi connectivity index (χ0) is 15.2. The van der Waals surface area contributed by atoms with Gasteiger partial charge in [-0.25, -0.2) is 0 Å². The molecule has 1 N–H and O–H groups in total. The van der Waals surface area contributed by atoms with Gasteiger partial charge in [0.1, 0.15) is 0 Å². The van der Waals surface area contributed by atoms with Gasteiger partial charge < -0.3 is 5.32 Å². The largest absolute Gasteiger partial charge is 0.316 e. The molecule has 0 saturated carbocycles. The Hall–Kier alpha value is -1.35. The molecule has 1 unspecified atom stereocenters. The minimum Gasteiger partial charge on any atom is -0.316 e. The van der Waals surface area contributed by atoms with Crippen LogP contribution in [0.25, 0.3) is 0 Å². The second kappa shape index (κ2) is 7.60. The van der Waals surface area contributed by atoms with Crippen molar-refractivity contribution in [2.75, 3.05) is 14.1 Å². The molecule has 0 saturated heterocycles. The fourth-order valence-electron chi connectivity index (χ4n) is 2.41. The van der Waals surface area contributed by atoms with Crippen LogP contribution in [0.15, 0.2) is 48.5 Å². The van der Waals surface area contributed by atoms with E-state index in [0.717, 1.165) is 18.1 Å². The van der Waals surface area contributed by atoms with Crippen LogP contribution in [0.3, 0.4) is 0 Å². The number of hydrogen-bond acceptors (Lipinski definition) is 2. The van der Waals surface area contributed by atoms with Gasteiger partial charge in [0.2, 0.25) is 0 Å². The van der Waals surface area contributed by atoms with Gasteiger partial charge in [0.25, 0.3) is 0 Å². The minimum absolute atomic E-state index is 0.334. The van der Waals surface area contributed by atoms with Crippen molar-refractivity contribution < 1.29 is 0 Å². The highest BCUT2D eigenvalue weighted by Gasteiger charge is 2.12. The van der Waals surface area contributed by atoms with Crippen LogP contribution in [-0.4, -0.2) is 19.0 Å². The van der Waals surface area contributed by atoms with Gasteiger partial charge in [-0.2, -0.15) is 0 Å². The maximum absolute atomic E-state index is 6.08. The van der Waals surface area contributed by atoms with E-state index in [4.69, 9.17) is 11.6 Å². The minimum atomic E-state index is 0.334. The standard InChI is InChI=1S/C18H23ClN2/c1-14(17-5-4-6-18(19)11-17)21(3)13-16-9-7-15(8-10-16)12-20-2/h4-11,14,20H,12-13H2,1-3H3. The lowest BCUT2D eigenvalue weighted by Gasteiger charge is -2.25. The zero-order valence-electron chi connectivity index (χ0n) is 12.9. The molecule has 0 aliphatic heterocycles. The summed E-state index contributed by atoms with van der Waals surface area (Å²) in [6.45, 7) is 4.05. The highest BCUT2D eigenvalue weighted by Crippen LogP contribution is 2.23. The van der Waals surface area contributed by atoms with Gasteiger partial charge in [-0.15, -0.1) is 0 Å². The lowest BCUT2D eigenvalue weighted by Crippen LogP contribution is -2.21. The Balaban J connectivity index is 2.01. The summed E-state index contributed by atoms with van der Waals surface area (Å²) in [5.74, 6) is 0. The van der Waals surface area contributed by atoms with Crippen molar-refractivity contribution in [3.05, 3.63) is 70.2 Å². The first-order chi connectivity index (χ1) is 10.1. The first-order valence-corrected chi connectivity index (χ1v) is 7.66. The molecule has 21 heavy (non-hydrogen) atoms. The molecular formula is C18H23ClN2. The molecule has 0 fully saturated rings. The van der Waals surface area contributed by atoms with Crippen LogP contribution in [0.4, 0.5) is 0 Å². The molecule has 0 aliphatic carbocycles. The fourth-order valence-corrected chi connectivity index (χ4v) is 2.61. The van der Waals surface area contributed by atoms with Gasteiger partial charge in [-0.05, 0) is 49.8 Å². The second-order valence-corrected chi connectivity index (χ2v) is 5.93. The first-order valence-electron chi connectivity index (χ1n) is 7.28. The maximum atomic E-state index is 6.08.